The lowest BCUT2D eigenvalue weighted by molar-refractivity contribution is -0.387. The summed E-state index contributed by atoms with van der Waals surface area (Å²) in [5.41, 5.74) is -0.791. The molecule has 0 bridgehead atoms. The van der Waals surface area contributed by atoms with Crippen LogP contribution in [0.15, 0.2) is 29.2 Å². The van der Waals surface area contributed by atoms with E-state index in [-0.39, 0.29) is 10.6 Å². The maximum atomic E-state index is 12.6. The molecule has 0 unspecified atom stereocenters. The average Bonchev–Trinajstić information content (AvgIpc) is 3.28. The van der Waals surface area contributed by atoms with E-state index in [1.165, 1.54) is 24.3 Å². The molecule has 1 aliphatic carbocycles. The van der Waals surface area contributed by atoms with Crippen molar-refractivity contribution in [2.75, 3.05) is 13.1 Å². The predicted octanol–water partition coefficient (Wildman–Crippen LogP) is 1.41. The molecule has 3 rings (SSSR count). The number of para-hydroxylation sites is 1. The summed E-state index contributed by atoms with van der Waals surface area (Å²) in [7, 11) is -3.89. The molecule has 1 heterocycles. The number of nitrogens with one attached hydrogen (secondary N) is 2. The van der Waals surface area contributed by atoms with E-state index in [1.54, 1.807) is 0 Å². The molecule has 0 aromatic heterocycles. The van der Waals surface area contributed by atoms with Crippen molar-refractivity contribution in [3.8, 4) is 0 Å². The maximum absolute atomic E-state index is 12.6. The molecule has 22 heavy (non-hydrogen) atoms. The average molecular weight is 325 g/mol. The summed E-state index contributed by atoms with van der Waals surface area (Å²) in [5.74, 6) is 0.297. The van der Waals surface area contributed by atoms with Gasteiger partial charge >= 0.3 is 0 Å². The number of nitrogens with zero attached hydrogens (tertiary/aromatic N) is 1. The zero-order chi connectivity index (χ0) is 15.8. The van der Waals surface area contributed by atoms with Crippen molar-refractivity contribution in [3.05, 3.63) is 34.4 Å². The van der Waals surface area contributed by atoms with Crippen molar-refractivity contribution < 1.29 is 13.3 Å². The van der Waals surface area contributed by atoms with Crippen molar-refractivity contribution >= 4 is 15.7 Å². The standard InChI is InChI=1S/C14H19N3O4S/c18-17(19)12-3-1-2-4-13(12)22(20,21)16-14(7-8-14)11-5-9-15-10-6-11/h1-4,11,15-16H,5-10H2. The topological polar surface area (TPSA) is 101 Å². The molecule has 120 valence electrons. The quantitative estimate of drug-likeness (QED) is 0.629. The van der Waals surface area contributed by atoms with E-state index >= 15 is 0 Å². The van der Waals surface area contributed by atoms with Crippen molar-refractivity contribution in [2.24, 2.45) is 5.92 Å². The number of hydrogen-bond acceptors (Lipinski definition) is 5. The Morgan fingerprint density at radius 1 is 1.23 bits per heavy atom. The fraction of sp³-hybridized carbons (Fsp3) is 0.571. The zero-order valence-electron chi connectivity index (χ0n) is 12.1. The van der Waals surface area contributed by atoms with E-state index in [2.05, 4.69) is 10.0 Å². The second-order valence-corrected chi connectivity index (χ2v) is 7.66. The Kier molecular flexibility index (Phi) is 3.92. The van der Waals surface area contributed by atoms with Gasteiger partial charge < -0.3 is 5.32 Å². The monoisotopic (exact) mass is 325 g/mol. The first-order valence-electron chi connectivity index (χ1n) is 7.43. The van der Waals surface area contributed by atoms with E-state index in [4.69, 9.17) is 0 Å². The molecular formula is C14H19N3O4S. The summed E-state index contributed by atoms with van der Waals surface area (Å²) in [6.45, 7) is 1.78. The molecular weight excluding hydrogens is 306 g/mol. The highest BCUT2D eigenvalue weighted by atomic mass is 32.2. The van der Waals surface area contributed by atoms with E-state index in [0.29, 0.717) is 5.92 Å². The van der Waals surface area contributed by atoms with Crippen LogP contribution in [0.2, 0.25) is 0 Å². The first kappa shape index (κ1) is 15.4. The summed E-state index contributed by atoms with van der Waals surface area (Å²) in [6.07, 6.45) is 3.47. The molecule has 7 nitrogen and oxygen atoms in total. The largest absolute Gasteiger partial charge is 0.317 e. The van der Waals surface area contributed by atoms with Crippen LogP contribution in [0.3, 0.4) is 0 Å². The lowest BCUT2D eigenvalue weighted by atomic mass is 9.89. The van der Waals surface area contributed by atoms with Crippen LogP contribution in [-0.4, -0.2) is 32.0 Å². The molecule has 2 aliphatic rings. The summed E-state index contributed by atoms with van der Waals surface area (Å²) in [6, 6.07) is 5.49. The summed E-state index contributed by atoms with van der Waals surface area (Å²) in [5, 5.41) is 14.3. The molecule has 0 spiro atoms. The van der Waals surface area contributed by atoms with Gasteiger partial charge in [0.2, 0.25) is 10.0 Å². The molecule has 1 saturated heterocycles. The lowest BCUT2D eigenvalue weighted by Crippen LogP contribution is -2.46. The Morgan fingerprint density at radius 2 is 1.86 bits per heavy atom. The molecule has 0 radical (unpaired) electrons. The molecule has 1 aliphatic heterocycles. The van der Waals surface area contributed by atoms with Crippen LogP contribution in [0.5, 0.6) is 0 Å². The van der Waals surface area contributed by atoms with Gasteiger partial charge in [0.25, 0.3) is 5.69 Å². The van der Waals surface area contributed by atoms with Gasteiger partial charge in [0.1, 0.15) is 0 Å². The number of nitro benzene ring substituents is 1. The minimum atomic E-state index is -3.89. The number of rotatable bonds is 5. The Morgan fingerprint density at radius 3 is 2.45 bits per heavy atom. The van der Waals surface area contributed by atoms with Gasteiger partial charge in [-0.15, -0.1) is 0 Å². The summed E-state index contributed by atoms with van der Waals surface area (Å²) < 4.78 is 28.0. The Hall–Kier alpha value is -1.51. The second kappa shape index (κ2) is 5.60. The number of sulfonamides is 1. The smallest absolute Gasteiger partial charge is 0.289 e. The van der Waals surface area contributed by atoms with Gasteiger partial charge in [-0.05, 0) is 50.8 Å². The maximum Gasteiger partial charge on any atom is 0.289 e. The van der Waals surface area contributed by atoms with Crippen molar-refractivity contribution in [3.63, 3.8) is 0 Å². The predicted molar refractivity (Wildman–Crippen MR) is 81.0 cm³/mol. The Balaban J connectivity index is 1.87. The van der Waals surface area contributed by atoms with Crippen LogP contribution in [-0.2, 0) is 10.0 Å². The van der Waals surface area contributed by atoms with Crippen LogP contribution in [0.25, 0.3) is 0 Å². The number of piperidine rings is 1. The molecule has 2 N–H and O–H groups in total. The summed E-state index contributed by atoms with van der Waals surface area (Å²) >= 11 is 0. The van der Waals surface area contributed by atoms with Gasteiger partial charge in [0, 0.05) is 11.6 Å². The van der Waals surface area contributed by atoms with Crippen molar-refractivity contribution in [2.45, 2.75) is 36.1 Å². The summed E-state index contributed by atoms with van der Waals surface area (Å²) in [4.78, 5) is 10.2. The number of hydrogen-bond donors (Lipinski definition) is 2. The third-order valence-corrected chi connectivity index (χ3v) is 6.20. The Bertz CT molecular complexity index is 679. The van der Waals surface area contributed by atoms with Crippen LogP contribution >= 0.6 is 0 Å². The minimum absolute atomic E-state index is 0.250. The van der Waals surface area contributed by atoms with E-state index in [0.717, 1.165) is 38.8 Å². The molecule has 8 heteroatoms. The van der Waals surface area contributed by atoms with Gasteiger partial charge in [-0.3, -0.25) is 10.1 Å². The van der Waals surface area contributed by atoms with E-state index in [1.807, 2.05) is 0 Å². The highest BCUT2D eigenvalue weighted by molar-refractivity contribution is 7.89. The van der Waals surface area contributed by atoms with Crippen molar-refractivity contribution in [1.29, 1.82) is 0 Å². The first-order valence-corrected chi connectivity index (χ1v) is 8.91. The minimum Gasteiger partial charge on any atom is -0.317 e. The van der Waals surface area contributed by atoms with Crippen LogP contribution < -0.4 is 10.0 Å². The normalized spacial score (nSPS) is 21.5. The fourth-order valence-corrected chi connectivity index (χ4v) is 4.95. The second-order valence-electron chi connectivity index (χ2n) is 6.01. The first-order chi connectivity index (χ1) is 10.4. The third kappa shape index (κ3) is 2.86. The van der Waals surface area contributed by atoms with Crippen LogP contribution in [0.1, 0.15) is 25.7 Å². The SMILES string of the molecule is O=[N+]([O-])c1ccccc1S(=O)(=O)NC1(C2CCNCC2)CC1. The fourth-order valence-electron chi connectivity index (χ4n) is 3.26. The van der Waals surface area contributed by atoms with Crippen molar-refractivity contribution in [1.82, 2.24) is 10.0 Å². The van der Waals surface area contributed by atoms with Crippen LogP contribution in [0.4, 0.5) is 5.69 Å². The Labute approximate surface area is 129 Å². The zero-order valence-corrected chi connectivity index (χ0v) is 12.9. The van der Waals surface area contributed by atoms with Gasteiger partial charge in [0.15, 0.2) is 4.90 Å². The number of benzene rings is 1. The molecule has 0 amide bonds. The third-order valence-electron chi connectivity index (χ3n) is 4.60. The molecule has 2 fully saturated rings. The van der Waals surface area contributed by atoms with E-state index in [9.17, 15) is 18.5 Å². The molecule has 0 atom stereocenters. The van der Waals surface area contributed by atoms with Crippen LogP contribution in [0, 0.1) is 16.0 Å². The highest BCUT2D eigenvalue weighted by Gasteiger charge is 2.52. The van der Waals surface area contributed by atoms with Gasteiger partial charge in [0.05, 0.1) is 4.92 Å². The molecule has 1 aromatic carbocycles. The van der Waals surface area contributed by atoms with Gasteiger partial charge in [-0.25, -0.2) is 13.1 Å². The van der Waals surface area contributed by atoms with Gasteiger partial charge in [-0.2, -0.15) is 0 Å². The van der Waals surface area contributed by atoms with E-state index < -0.39 is 20.5 Å². The van der Waals surface area contributed by atoms with Gasteiger partial charge in [-0.1, -0.05) is 12.1 Å². The highest BCUT2D eigenvalue weighted by Crippen LogP contribution is 2.47. The lowest BCUT2D eigenvalue weighted by Gasteiger charge is -2.31. The molecule has 1 saturated carbocycles. The number of nitro groups is 1. The molecule has 1 aromatic rings.